The van der Waals surface area contributed by atoms with Crippen LogP contribution in [0.15, 0.2) is 108 Å². The maximum absolute atomic E-state index is 13.2. The zero-order chi connectivity index (χ0) is 24.1. The van der Waals surface area contributed by atoms with Gasteiger partial charge in [0, 0.05) is 5.56 Å². The lowest BCUT2D eigenvalue weighted by Crippen LogP contribution is -2.29. The van der Waals surface area contributed by atoms with Crippen LogP contribution < -0.4 is 10.0 Å². The summed E-state index contributed by atoms with van der Waals surface area (Å²) in [6.45, 7) is 2.00. The molecular weight excluding hydrogens is 468 g/mol. The van der Waals surface area contributed by atoms with Crippen molar-refractivity contribution in [2.75, 3.05) is 4.72 Å². The summed E-state index contributed by atoms with van der Waals surface area (Å²) in [5, 5.41) is 3.22. The van der Waals surface area contributed by atoms with E-state index >= 15 is 0 Å². The van der Waals surface area contributed by atoms with Gasteiger partial charge in [0.15, 0.2) is 0 Å². The molecule has 172 valence electrons. The maximum Gasteiger partial charge on any atom is 0.261 e. The number of hydrogen-bond acceptors (Lipinski definition) is 3. The van der Waals surface area contributed by atoms with Crippen molar-refractivity contribution in [1.82, 2.24) is 5.32 Å². The molecular formula is C27H23ClN2O3S. The van der Waals surface area contributed by atoms with Gasteiger partial charge in [0.25, 0.3) is 15.9 Å². The fourth-order valence-electron chi connectivity index (χ4n) is 3.65. The topological polar surface area (TPSA) is 75.3 Å². The average Bonchev–Trinajstić information content (AvgIpc) is 2.85. The van der Waals surface area contributed by atoms with Gasteiger partial charge in [-0.1, -0.05) is 84.4 Å². The molecule has 0 aliphatic heterocycles. The molecule has 0 aliphatic rings. The standard InChI is InChI=1S/C27H23ClN2O3S/c1-19-10-8-9-15-23(19)26(20-11-4-2-5-12-20)29-27(31)21-16-17-25(24(28)18-21)30-34(32,33)22-13-6-3-7-14-22/h2-18,26,30H,1H3,(H,29,31)/t26-/m1/s1. The minimum Gasteiger partial charge on any atom is -0.341 e. The van der Waals surface area contributed by atoms with E-state index in [1.165, 1.54) is 24.3 Å². The summed E-state index contributed by atoms with van der Waals surface area (Å²) in [5.41, 5.74) is 3.51. The number of benzene rings is 4. The fraction of sp³-hybridized carbons (Fsp3) is 0.0741. The van der Waals surface area contributed by atoms with Crippen LogP contribution in [0.2, 0.25) is 5.02 Å². The Hall–Kier alpha value is -3.61. The zero-order valence-corrected chi connectivity index (χ0v) is 20.0. The van der Waals surface area contributed by atoms with Gasteiger partial charge in [-0.15, -0.1) is 0 Å². The van der Waals surface area contributed by atoms with E-state index in [9.17, 15) is 13.2 Å². The number of sulfonamides is 1. The summed E-state index contributed by atoms with van der Waals surface area (Å²) >= 11 is 6.36. The van der Waals surface area contributed by atoms with Crippen molar-refractivity contribution in [2.24, 2.45) is 0 Å². The Labute approximate surface area is 204 Å². The van der Waals surface area contributed by atoms with E-state index < -0.39 is 10.0 Å². The lowest BCUT2D eigenvalue weighted by Gasteiger charge is -2.22. The van der Waals surface area contributed by atoms with Gasteiger partial charge in [-0.05, 0) is 53.9 Å². The number of halogens is 1. The molecule has 0 heterocycles. The van der Waals surface area contributed by atoms with Gasteiger partial charge < -0.3 is 5.32 Å². The van der Waals surface area contributed by atoms with Crippen LogP contribution in [0.25, 0.3) is 0 Å². The summed E-state index contributed by atoms with van der Waals surface area (Å²) in [4.78, 5) is 13.3. The normalized spacial score (nSPS) is 12.1. The number of carbonyl (C=O) groups is 1. The molecule has 5 nitrogen and oxygen atoms in total. The SMILES string of the molecule is Cc1ccccc1[C@H](NC(=O)c1ccc(NS(=O)(=O)c2ccccc2)c(Cl)c1)c1ccccc1. The molecule has 2 N–H and O–H groups in total. The molecule has 0 bridgehead atoms. The Morgan fingerprint density at radius 1 is 0.824 bits per heavy atom. The summed E-state index contributed by atoms with van der Waals surface area (Å²) in [7, 11) is -3.80. The first-order chi connectivity index (χ1) is 16.3. The van der Waals surface area contributed by atoms with Crippen LogP contribution in [0, 0.1) is 6.92 Å². The lowest BCUT2D eigenvalue weighted by molar-refractivity contribution is 0.0943. The predicted octanol–water partition coefficient (Wildman–Crippen LogP) is 5.97. The van der Waals surface area contributed by atoms with Crippen LogP contribution in [-0.2, 0) is 10.0 Å². The third-order valence-corrected chi connectivity index (χ3v) is 7.13. The Kier molecular flexibility index (Phi) is 7.01. The Morgan fingerprint density at radius 3 is 2.09 bits per heavy atom. The number of anilines is 1. The number of hydrogen-bond donors (Lipinski definition) is 2. The van der Waals surface area contributed by atoms with Crippen LogP contribution in [0.5, 0.6) is 0 Å². The first-order valence-corrected chi connectivity index (χ1v) is 12.5. The molecule has 1 atom stereocenters. The quantitative estimate of drug-likeness (QED) is 0.335. The first-order valence-electron chi connectivity index (χ1n) is 10.6. The second-order valence-corrected chi connectivity index (χ2v) is 9.88. The maximum atomic E-state index is 13.2. The number of rotatable bonds is 7. The molecule has 4 aromatic carbocycles. The zero-order valence-electron chi connectivity index (χ0n) is 18.4. The van der Waals surface area contributed by atoms with E-state index in [-0.39, 0.29) is 27.6 Å². The molecule has 0 aliphatic carbocycles. The van der Waals surface area contributed by atoms with Gasteiger partial charge in [-0.3, -0.25) is 9.52 Å². The number of nitrogens with one attached hydrogen (secondary N) is 2. The second-order valence-electron chi connectivity index (χ2n) is 7.79. The summed E-state index contributed by atoms with van der Waals surface area (Å²) in [6, 6.07) is 29.7. The number of amides is 1. The monoisotopic (exact) mass is 490 g/mol. The van der Waals surface area contributed by atoms with Crippen LogP contribution in [0.4, 0.5) is 5.69 Å². The number of carbonyl (C=O) groups excluding carboxylic acids is 1. The Bertz CT molecular complexity index is 1410. The van der Waals surface area contributed by atoms with Gasteiger partial charge in [0.1, 0.15) is 0 Å². The van der Waals surface area contributed by atoms with E-state index in [2.05, 4.69) is 10.0 Å². The van der Waals surface area contributed by atoms with E-state index in [1.54, 1.807) is 24.3 Å². The third kappa shape index (κ3) is 5.30. The number of aryl methyl sites for hydroxylation is 1. The van der Waals surface area contributed by atoms with Crippen molar-refractivity contribution in [1.29, 1.82) is 0 Å². The largest absolute Gasteiger partial charge is 0.341 e. The summed E-state index contributed by atoms with van der Waals surface area (Å²) < 4.78 is 27.7. The summed E-state index contributed by atoms with van der Waals surface area (Å²) in [6.07, 6.45) is 0. The molecule has 4 rings (SSSR count). The lowest BCUT2D eigenvalue weighted by atomic mass is 9.94. The molecule has 4 aromatic rings. The van der Waals surface area contributed by atoms with Gasteiger partial charge >= 0.3 is 0 Å². The predicted molar refractivity (Wildman–Crippen MR) is 136 cm³/mol. The van der Waals surface area contributed by atoms with E-state index in [1.807, 2.05) is 61.5 Å². The second kappa shape index (κ2) is 10.1. The van der Waals surface area contributed by atoms with Crippen LogP contribution in [0.1, 0.15) is 33.1 Å². The highest BCUT2D eigenvalue weighted by Crippen LogP contribution is 2.28. The molecule has 7 heteroatoms. The first kappa shape index (κ1) is 23.5. The van der Waals surface area contributed by atoms with Crippen LogP contribution in [-0.4, -0.2) is 14.3 Å². The molecule has 0 spiro atoms. The minimum atomic E-state index is -3.80. The Morgan fingerprint density at radius 2 is 1.44 bits per heavy atom. The molecule has 1 amide bonds. The highest BCUT2D eigenvalue weighted by atomic mass is 35.5. The van der Waals surface area contributed by atoms with Crippen molar-refractivity contribution < 1.29 is 13.2 Å². The van der Waals surface area contributed by atoms with Crippen molar-refractivity contribution in [3.8, 4) is 0 Å². The minimum absolute atomic E-state index is 0.122. The van der Waals surface area contributed by atoms with Gasteiger partial charge in [0.2, 0.25) is 0 Å². The van der Waals surface area contributed by atoms with E-state index in [0.29, 0.717) is 5.56 Å². The van der Waals surface area contributed by atoms with E-state index in [4.69, 9.17) is 11.6 Å². The molecule has 0 saturated carbocycles. The molecule has 34 heavy (non-hydrogen) atoms. The Balaban J connectivity index is 1.59. The molecule has 0 saturated heterocycles. The average molecular weight is 491 g/mol. The van der Waals surface area contributed by atoms with Crippen LogP contribution in [0.3, 0.4) is 0 Å². The smallest absolute Gasteiger partial charge is 0.261 e. The molecule has 0 unspecified atom stereocenters. The molecule has 0 aromatic heterocycles. The van der Waals surface area contributed by atoms with Gasteiger partial charge in [-0.25, -0.2) is 8.42 Å². The third-order valence-electron chi connectivity index (χ3n) is 5.44. The molecule has 0 radical (unpaired) electrons. The van der Waals surface area contributed by atoms with E-state index in [0.717, 1.165) is 16.7 Å². The molecule has 0 fully saturated rings. The van der Waals surface area contributed by atoms with Crippen LogP contribution >= 0.6 is 11.6 Å². The fourth-order valence-corrected chi connectivity index (χ4v) is 5.04. The van der Waals surface area contributed by atoms with Crippen molar-refractivity contribution in [2.45, 2.75) is 17.9 Å². The van der Waals surface area contributed by atoms with Crippen molar-refractivity contribution in [3.63, 3.8) is 0 Å². The van der Waals surface area contributed by atoms with Crippen molar-refractivity contribution in [3.05, 3.63) is 130 Å². The van der Waals surface area contributed by atoms with Gasteiger partial charge in [0.05, 0.1) is 21.6 Å². The van der Waals surface area contributed by atoms with Crippen molar-refractivity contribution >= 4 is 33.2 Å². The highest BCUT2D eigenvalue weighted by Gasteiger charge is 2.21. The highest BCUT2D eigenvalue weighted by molar-refractivity contribution is 7.92. The summed E-state index contributed by atoms with van der Waals surface area (Å²) in [5.74, 6) is -0.323. The van der Waals surface area contributed by atoms with Gasteiger partial charge in [-0.2, -0.15) is 0 Å².